The Labute approximate surface area is 130 Å². The molecule has 0 fully saturated rings. The molecule has 1 aromatic carbocycles. The molecule has 0 saturated carbocycles. The van der Waals surface area contributed by atoms with Gasteiger partial charge < -0.3 is 5.32 Å². The van der Waals surface area contributed by atoms with E-state index in [1.807, 2.05) is 5.43 Å². The number of nitro groups is 2. The third kappa shape index (κ3) is 3.48. The molecule has 0 unspecified atom stereocenters. The molecular formula is C13H13N5O5. The van der Waals surface area contributed by atoms with E-state index in [2.05, 4.69) is 10.3 Å². The first-order valence-corrected chi connectivity index (χ1v) is 6.51. The lowest BCUT2D eigenvalue weighted by Crippen LogP contribution is -2.43. The molecule has 1 aromatic rings. The van der Waals surface area contributed by atoms with Crippen molar-refractivity contribution in [3.8, 4) is 0 Å². The Balaban J connectivity index is 2.52. The van der Waals surface area contributed by atoms with E-state index in [0.717, 1.165) is 0 Å². The highest BCUT2D eigenvalue weighted by atomic mass is 16.7. The van der Waals surface area contributed by atoms with Crippen LogP contribution in [0.1, 0.15) is 25.5 Å². The van der Waals surface area contributed by atoms with Gasteiger partial charge in [-0.15, -0.1) is 0 Å². The number of allylic oxidation sites excluding steroid dienone is 1. The fourth-order valence-corrected chi connectivity index (χ4v) is 2.33. The van der Waals surface area contributed by atoms with Crippen molar-refractivity contribution >= 4 is 17.4 Å². The van der Waals surface area contributed by atoms with Crippen LogP contribution in [0.15, 0.2) is 40.5 Å². The van der Waals surface area contributed by atoms with E-state index in [1.54, 1.807) is 13.0 Å². The van der Waals surface area contributed by atoms with Gasteiger partial charge in [0, 0.05) is 23.4 Å². The average Bonchev–Trinajstić information content (AvgIpc) is 2.45. The van der Waals surface area contributed by atoms with Crippen LogP contribution in [-0.2, 0) is 4.79 Å². The molecule has 0 aromatic heterocycles. The van der Waals surface area contributed by atoms with Crippen LogP contribution in [-0.4, -0.2) is 21.7 Å². The summed E-state index contributed by atoms with van der Waals surface area (Å²) in [7, 11) is 0. The van der Waals surface area contributed by atoms with E-state index in [0.29, 0.717) is 16.8 Å². The lowest BCUT2D eigenvalue weighted by molar-refractivity contribution is -0.525. The minimum atomic E-state index is -0.865. The lowest BCUT2D eigenvalue weighted by Gasteiger charge is -2.24. The number of Topliss-reactive ketones (excluding diaryl/α,β-unsaturated/α-hetero) is 1. The Morgan fingerprint density at radius 2 is 2.04 bits per heavy atom. The van der Waals surface area contributed by atoms with Crippen molar-refractivity contribution in [1.82, 2.24) is 10.7 Å². The van der Waals surface area contributed by atoms with E-state index in [-0.39, 0.29) is 17.4 Å². The molecule has 0 bridgehead atoms. The number of aliphatic imine (C=N–C) groups is 1. The second kappa shape index (κ2) is 6.22. The summed E-state index contributed by atoms with van der Waals surface area (Å²) < 4.78 is 0. The third-order valence-corrected chi connectivity index (χ3v) is 3.21. The zero-order valence-corrected chi connectivity index (χ0v) is 12.3. The van der Waals surface area contributed by atoms with Gasteiger partial charge in [0.25, 0.3) is 11.6 Å². The van der Waals surface area contributed by atoms with Crippen molar-refractivity contribution in [2.75, 3.05) is 0 Å². The number of nitrogens with one attached hydrogen (secondary N) is 2. The molecule has 1 atom stereocenters. The number of guanidine groups is 1. The van der Waals surface area contributed by atoms with Crippen LogP contribution in [0, 0.1) is 20.2 Å². The zero-order chi connectivity index (χ0) is 17.1. The second-order valence-corrected chi connectivity index (χ2v) is 4.82. The number of non-ortho nitro benzene ring substituents is 1. The van der Waals surface area contributed by atoms with Crippen molar-refractivity contribution in [1.29, 1.82) is 0 Å². The van der Waals surface area contributed by atoms with Gasteiger partial charge in [-0.3, -0.25) is 14.9 Å². The van der Waals surface area contributed by atoms with Crippen LogP contribution in [0.5, 0.6) is 0 Å². The molecule has 0 aliphatic carbocycles. The third-order valence-electron chi connectivity index (χ3n) is 3.21. The van der Waals surface area contributed by atoms with E-state index in [9.17, 15) is 25.0 Å². The number of nitro benzene ring substituents is 1. The highest BCUT2D eigenvalue weighted by Crippen LogP contribution is 2.32. The Morgan fingerprint density at radius 1 is 1.35 bits per heavy atom. The lowest BCUT2D eigenvalue weighted by atomic mass is 9.93. The molecular weight excluding hydrogens is 306 g/mol. The molecule has 2 rings (SSSR count). The van der Waals surface area contributed by atoms with Gasteiger partial charge in [0.15, 0.2) is 10.8 Å². The zero-order valence-electron chi connectivity index (χ0n) is 12.3. The first-order valence-electron chi connectivity index (χ1n) is 6.51. The minimum Gasteiger partial charge on any atom is -0.325 e. The molecule has 2 N–H and O–H groups in total. The summed E-state index contributed by atoms with van der Waals surface area (Å²) in [6.45, 7) is 2.92. The summed E-state index contributed by atoms with van der Waals surface area (Å²) in [5, 5.41) is 23.3. The fourth-order valence-electron chi connectivity index (χ4n) is 2.33. The molecule has 1 heterocycles. The molecule has 10 nitrogen and oxygen atoms in total. The van der Waals surface area contributed by atoms with Crippen LogP contribution in [0.4, 0.5) is 5.69 Å². The van der Waals surface area contributed by atoms with Crippen LogP contribution in [0.25, 0.3) is 0 Å². The van der Waals surface area contributed by atoms with Gasteiger partial charge in [-0.25, -0.2) is 15.1 Å². The maximum atomic E-state index is 11.9. The summed E-state index contributed by atoms with van der Waals surface area (Å²) in [6.07, 6.45) is 0. The van der Waals surface area contributed by atoms with Gasteiger partial charge in [0.2, 0.25) is 0 Å². The molecule has 10 heteroatoms. The largest absolute Gasteiger partial charge is 0.325 e. The maximum Gasteiger partial charge on any atom is 0.269 e. The van der Waals surface area contributed by atoms with E-state index in [1.165, 1.54) is 25.1 Å². The molecule has 0 amide bonds. The number of ketones is 1. The van der Waals surface area contributed by atoms with Gasteiger partial charge in [0.05, 0.1) is 4.92 Å². The minimum absolute atomic E-state index is 0.144. The van der Waals surface area contributed by atoms with Gasteiger partial charge in [0.1, 0.15) is 6.04 Å². The predicted molar refractivity (Wildman–Crippen MR) is 79.9 cm³/mol. The summed E-state index contributed by atoms with van der Waals surface area (Å²) in [5.74, 6) is -0.426. The molecule has 0 radical (unpaired) electrons. The maximum absolute atomic E-state index is 11.9. The number of carbonyl (C=O) groups is 1. The Hall–Kier alpha value is -3.30. The first-order chi connectivity index (χ1) is 10.8. The number of hydrogen-bond acceptors (Lipinski definition) is 7. The molecule has 0 spiro atoms. The number of hydrazine groups is 1. The van der Waals surface area contributed by atoms with E-state index < -0.39 is 16.0 Å². The van der Waals surface area contributed by atoms with Gasteiger partial charge in [-0.2, -0.15) is 0 Å². The van der Waals surface area contributed by atoms with Gasteiger partial charge in [-0.05, 0) is 19.4 Å². The number of hydrogen-bond donors (Lipinski definition) is 2. The van der Waals surface area contributed by atoms with Crippen molar-refractivity contribution in [2.24, 2.45) is 4.99 Å². The number of nitrogens with zero attached hydrogens (tertiary/aromatic N) is 3. The van der Waals surface area contributed by atoms with Crippen molar-refractivity contribution in [3.05, 3.63) is 61.3 Å². The Morgan fingerprint density at radius 3 is 2.61 bits per heavy atom. The summed E-state index contributed by atoms with van der Waals surface area (Å²) in [4.78, 5) is 36.9. The first kappa shape index (κ1) is 16.1. The fraction of sp³-hybridized carbons (Fsp3) is 0.231. The second-order valence-electron chi connectivity index (χ2n) is 4.82. The molecule has 1 aliphatic heterocycles. The number of benzene rings is 1. The standard InChI is InChI=1S/C13H13N5O5/c1-7-11(8(2)19)12(15-13(14-7)16-18(22)23)9-4-3-5-10(6-9)17(20)21/h3-6,12H,1-2H3,(H2,14,15,16)/t12-/m1/s1. The molecule has 1 aliphatic rings. The quantitative estimate of drug-likeness (QED) is 0.628. The summed E-state index contributed by atoms with van der Waals surface area (Å²) in [5.41, 5.74) is 2.82. The molecule has 23 heavy (non-hydrogen) atoms. The predicted octanol–water partition coefficient (Wildman–Crippen LogP) is 1.24. The van der Waals surface area contributed by atoms with E-state index in [4.69, 9.17) is 0 Å². The van der Waals surface area contributed by atoms with Crippen molar-refractivity contribution < 1.29 is 14.8 Å². The molecule has 120 valence electrons. The Kier molecular flexibility index (Phi) is 4.35. The summed E-state index contributed by atoms with van der Waals surface area (Å²) >= 11 is 0. The molecule has 0 saturated heterocycles. The monoisotopic (exact) mass is 319 g/mol. The van der Waals surface area contributed by atoms with Crippen LogP contribution >= 0.6 is 0 Å². The smallest absolute Gasteiger partial charge is 0.269 e. The van der Waals surface area contributed by atoms with Gasteiger partial charge in [-0.1, -0.05) is 17.6 Å². The van der Waals surface area contributed by atoms with Crippen LogP contribution in [0.2, 0.25) is 0 Å². The Bertz CT molecular complexity index is 755. The topological polar surface area (TPSA) is 140 Å². The number of rotatable bonds is 4. The van der Waals surface area contributed by atoms with Crippen LogP contribution in [0.3, 0.4) is 0 Å². The summed E-state index contributed by atoms with van der Waals surface area (Å²) in [6, 6.07) is 4.79. The normalized spacial score (nSPS) is 17.1. The average molecular weight is 319 g/mol. The van der Waals surface area contributed by atoms with Crippen LogP contribution < -0.4 is 10.7 Å². The van der Waals surface area contributed by atoms with E-state index >= 15 is 0 Å². The van der Waals surface area contributed by atoms with Crippen molar-refractivity contribution in [3.63, 3.8) is 0 Å². The van der Waals surface area contributed by atoms with Crippen molar-refractivity contribution in [2.45, 2.75) is 19.9 Å². The highest BCUT2D eigenvalue weighted by Gasteiger charge is 2.29. The van der Waals surface area contributed by atoms with Gasteiger partial charge >= 0.3 is 0 Å². The highest BCUT2D eigenvalue weighted by molar-refractivity contribution is 5.98. The number of carbonyl (C=O) groups excluding carboxylic acids is 1. The SMILES string of the molecule is CC(=O)C1=C(C)NC(N[N+](=O)[O-])=N[C@@H]1c1cccc([N+](=O)[O-])c1.